The van der Waals surface area contributed by atoms with Crippen LogP contribution in [0.1, 0.15) is 40.0 Å². The molecule has 2 aromatic rings. The van der Waals surface area contributed by atoms with E-state index in [1.165, 1.54) is 32.6 Å². The molecule has 0 saturated carbocycles. The van der Waals surface area contributed by atoms with Crippen LogP contribution in [0.4, 0.5) is 21.6 Å². The summed E-state index contributed by atoms with van der Waals surface area (Å²) in [5.41, 5.74) is 4.85. The molecule has 0 unspecified atom stereocenters. The quantitative estimate of drug-likeness (QED) is 0.626. The number of amides is 2. The molecule has 1 saturated heterocycles. The molecule has 178 valence electrons. The average Bonchev–Trinajstić information content (AvgIpc) is 3.13. The van der Waals surface area contributed by atoms with Crippen molar-refractivity contribution in [1.29, 1.82) is 0 Å². The Balaban J connectivity index is 1.98. The zero-order valence-corrected chi connectivity index (χ0v) is 19.1. The van der Waals surface area contributed by atoms with Crippen molar-refractivity contribution >= 4 is 29.0 Å². The maximum absolute atomic E-state index is 14.2. The van der Waals surface area contributed by atoms with Gasteiger partial charge in [0.05, 0.1) is 11.6 Å². The van der Waals surface area contributed by atoms with Crippen LogP contribution in [0, 0.1) is 17.7 Å². The molecule has 0 radical (unpaired) electrons. The number of para-hydroxylation sites is 1. The minimum Gasteiger partial charge on any atom is -0.383 e. The molecular formula is C23H30FN5O4. The zero-order valence-electron chi connectivity index (χ0n) is 19.1. The maximum Gasteiger partial charge on any atom is 0.330 e. The van der Waals surface area contributed by atoms with Crippen LogP contribution in [-0.2, 0) is 16.1 Å². The highest BCUT2D eigenvalue weighted by Gasteiger charge is 2.39. The van der Waals surface area contributed by atoms with Crippen molar-refractivity contribution in [3.8, 4) is 0 Å². The van der Waals surface area contributed by atoms with Gasteiger partial charge < -0.3 is 15.5 Å². The summed E-state index contributed by atoms with van der Waals surface area (Å²) in [6.45, 7) is 6.17. The molecule has 3 N–H and O–H groups in total. The van der Waals surface area contributed by atoms with Gasteiger partial charge in [0.1, 0.15) is 11.6 Å². The molecule has 1 aliphatic rings. The van der Waals surface area contributed by atoms with Gasteiger partial charge in [0, 0.05) is 26.1 Å². The number of nitrogens with zero attached hydrogens (tertiary/aromatic N) is 3. The lowest BCUT2D eigenvalue weighted by molar-refractivity contribution is -0.124. The van der Waals surface area contributed by atoms with Crippen molar-refractivity contribution in [3.05, 3.63) is 50.9 Å². The Morgan fingerprint density at radius 3 is 2.61 bits per heavy atom. The van der Waals surface area contributed by atoms with Crippen LogP contribution in [0.15, 0.2) is 33.9 Å². The molecule has 0 spiro atoms. The van der Waals surface area contributed by atoms with Gasteiger partial charge in [0.2, 0.25) is 11.8 Å². The van der Waals surface area contributed by atoms with Gasteiger partial charge in [-0.25, -0.2) is 9.18 Å². The first-order valence-electron chi connectivity index (χ1n) is 11.1. The van der Waals surface area contributed by atoms with Crippen molar-refractivity contribution in [1.82, 2.24) is 9.55 Å². The number of aromatic amines is 1. The van der Waals surface area contributed by atoms with E-state index in [0.29, 0.717) is 13.0 Å². The number of halogens is 1. The number of H-pyrrole nitrogens is 1. The third-order valence-corrected chi connectivity index (χ3v) is 5.65. The molecule has 1 atom stereocenters. The number of nitrogens with one attached hydrogen (secondary N) is 1. The van der Waals surface area contributed by atoms with E-state index in [-0.39, 0.29) is 48.5 Å². The zero-order chi connectivity index (χ0) is 24.3. The Hall–Kier alpha value is -3.43. The van der Waals surface area contributed by atoms with Crippen molar-refractivity contribution in [2.24, 2.45) is 11.8 Å². The molecule has 10 heteroatoms. The molecule has 1 aromatic carbocycles. The topological polar surface area (TPSA) is 121 Å². The Labute approximate surface area is 191 Å². The lowest BCUT2D eigenvalue weighted by atomic mass is 10.1. The van der Waals surface area contributed by atoms with Crippen LogP contribution in [0.2, 0.25) is 0 Å². The minimum absolute atomic E-state index is 0.0134. The first-order chi connectivity index (χ1) is 15.6. The molecule has 1 fully saturated rings. The number of hydrogen-bond acceptors (Lipinski definition) is 5. The van der Waals surface area contributed by atoms with E-state index in [1.54, 1.807) is 6.07 Å². The Morgan fingerprint density at radius 2 is 1.97 bits per heavy atom. The van der Waals surface area contributed by atoms with Gasteiger partial charge in [-0.15, -0.1) is 0 Å². The average molecular weight is 460 g/mol. The second kappa shape index (κ2) is 10.0. The molecule has 3 rings (SSSR count). The highest BCUT2D eigenvalue weighted by Crippen LogP contribution is 2.30. The third-order valence-electron chi connectivity index (χ3n) is 5.65. The summed E-state index contributed by atoms with van der Waals surface area (Å²) in [6.07, 6.45) is 1.36. The van der Waals surface area contributed by atoms with E-state index in [0.717, 1.165) is 6.42 Å². The Bertz CT molecular complexity index is 1160. The smallest absolute Gasteiger partial charge is 0.330 e. The first-order valence-corrected chi connectivity index (χ1v) is 11.1. The van der Waals surface area contributed by atoms with Crippen LogP contribution >= 0.6 is 0 Å². The molecule has 1 aromatic heterocycles. The second-order valence-corrected chi connectivity index (χ2v) is 8.70. The number of anilines is 3. The number of hydrogen-bond donors (Lipinski definition) is 2. The molecule has 33 heavy (non-hydrogen) atoms. The summed E-state index contributed by atoms with van der Waals surface area (Å²) in [7, 11) is 0. The highest BCUT2D eigenvalue weighted by atomic mass is 19.1. The van der Waals surface area contributed by atoms with E-state index in [2.05, 4.69) is 4.98 Å². The third kappa shape index (κ3) is 4.99. The number of benzene rings is 1. The van der Waals surface area contributed by atoms with E-state index in [1.807, 2.05) is 20.8 Å². The lowest BCUT2D eigenvalue weighted by Crippen LogP contribution is -2.45. The summed E-state index contributed by atoms with van der Waals surface area (Å²) >= 11 is 0. The molecule has 0 aliphatic carbocycles. The lowest BCUT2D eigenvalue weighted by Gasteiger charge is -2.28. The highest BCUT2D eigenvalue weighted by molar-refractivity contribution is 6.05. The summed E-state index contributed by atoms with van der Waals surface area (Å²) in [5, 5.41) is 0. The summed E-state index contributed by atoms with van der Waals surface area (Å²) in [4.78, 5) is 56.0. The predicted octanol–water partition coefficient (Wildman–Crippen LogP) is 2.10. The molecule has 1 aliphatic heterocycles. The summed E-state index contributed by atoms with van der Waals surface area (Å²) < 4.78 is 15.5. The number of aromatic nitrogens is 2. The van der Waals surface area contributed by atoms with Gasteiger partial charge in [-0.3, -0.25) is 23.9 Å². The summed E-state index contributed by atoms with van der Waals surface area (Å²) in [6, 6.07) is 5.88. The van der Waals surface area contributed by atoms with Crippen molar-refractivity contribution in [2.45, 2.75) is 46.6 Å². The van der Waals surface area contributed by atoms with E-state index in [4.69, 9.17) is 5.73 Å². The fourth-order valence-electron chi connectivity index (χ4n) is 4.03. The monoisotopic (exact) mass is 459 g/mol. The van der Waals surface area contributed by atoms with Gasteiger partial charge in [0.25, 0.3) is 5.56 Å². The van der Waals surface area contributed by atoms with Crippen LogP contribution < -0.4 is 26.8 Å². The second-order valence-electron chi connectivity index (χ2n) is 8.70. The minimum atomic E-state index is -0.786. The number of rotatable bonds is 8. The molecule has 9 nitrogen and oxygen atoms in total. The number of nitrogen functional groups attached to an aromatic ring is 1. The number of carbonyl (C=O) groups is 2. The van der Waals surface area contributed by atoms with Gasteiger partial charge in [-0.2, -0.15) is 0 Å². The van der Waals surface area contributed by atoms with E-state index >= 15 is 0 Å². The summed E-state index contributed by atoms with van der Waals surface area (Å²) in [5.74, 6) is -2.29. The molecule has 0 bridgehead atoms. The number of carbonyl (C=O) groups excluding carboxylic acids is 2. The van der Waals surface area contributed by atoms with E-state index in [9.17, 15) is 23.6 Å². The largest absolute Gasteiger partial charge is 0.383 e. The predicted molar refractivity (Wildman–Crippen MR) is 125 cm³/mol. The normalized spacial score (nSPS) is 16.0. The maximum atomic E-state index is 14.2. The standard InChI is InChI=1S/C23H30FN5O4/c1-4-5-10-27-20(25)19(21(31)26-23(27)33)29(12-14(2)3)22(32)15-11-18(30)28(13-15)17-9-7-6-8-16(17)24/h6-9,14-15H,4-5,10-13,25H2,1-3H3,(H,26,31,33)/t15-/m0/s1. The van der Waals surface area contributed by atoms with Crippen molar-refractivity contribution in [3.63, 3.8) is 0 Å². The van der Waals surface area contributed by atoms with Gasteiger partial charge in [0.15, 0.2) is 5.69 Å². The van der Waals surface area contributed by atoms with Crippen LogP contribution in [0.3, 0.4) is 0 Å². The van der Waals surface area contributed by atoms with Crippen LogP contribution in [-0.4, -0.2) is 34.5 Å². The van der Waals surface area contributed by atoms with Crippen molar-refractivity contribution < 1.29 is 14.0 Å². The van der Waals surface area contributed by atoms with E-state index < -0.39 is 28.9 Å². The fourth-order valence-corrected chi connectivity index (χ4v) is 4.03. The fraction of sp³-hybridized carbons (Fsp3) is 0.478. The Morgan fingerprint density at radius 1 is 1.27 bits per heavy atom. The van der Waals surface area contributed by atoms with Crippen LogP contribution in [0.25, 0.3) is 0 Å². The van der Waals surface area contributed by atoms with Gasteiger partial charge >= 0.3 is 5.69 Å². The number of nitrogens with two attached hydrogens (primary N) is 1. The van der Waals surface area contributed by atoms with Gasteiger partial charge in [-0.05, 0) is 24.5 Å². The molecular weight excluding hydrogens is 429 g/mol. The van der Waals surface area contributed by atoms with Crippen LogP contribution in [0.5, 0.6) is 0 Å². The van der Waals surface area contributed by atoms with Crippen molar-refractivity contribution in [2.75, 3.05) is 28.6 Å². The first kappa shape index (κ1) is 24.2. The number of unbranched alkanes of at least 4 members (excludes halogenated alkanes) is 1. The Kier molecular flexibility index (Phi) is 7.35. The molecule has 2 amide bonds. The van der Waals surface area contributed by atoms with Gasteiger partial charge in [-0.1, -0.05) is 39.3 Å². The molecule has 2 heterocycles. The SMILES string of the molecule is CCCCn1c(N)c(N(CC(C)C)C(=O)[C@H]2CC(=O)N(c3ccccc3F)C2)c(=O)[nH]c1=O.